The molecule has 1 aliphatic rings. The third kappa shape index (κ3) is 7.43. The van der Waals surface area contributed by atoms with Crippen LogP contribution in [0, 0.1) is 11.6 Å². The number of aliphatic imine (C=N–C) groups is 1. The lowest BCUT2D eigenvalue weighted by Crippen LogP contribution is -2.53. The molecule has 1 aliphatic heterocycles. The van der Waals surface area contributed by atoms with Gasteiger partial charge in [0.15, 0.2) is 23.3 Å². The molecular formula is C39H35F2N3O4. The van der Waals surface area contributed by atoms with Crippen molar-refractivity contribution in [2.75, 3.05) is 13.2 Å². The average Bonchev–Trinajstić information content (AvgIpc) is 3.51. The molecule has 0 saturated carbocycles. The fourth-order valence-corrected chi connectivity index (χ4v) is 5.65. The summed E-state index contributed by atoms with van der Waals surface area (Å²) >= 11 is 0. The summed E-state index contributed by atoms with van der Waals surface area (Å²) in [5, 5.41) is 9.08. The van der Waals surface area contributed by atoms with E-state index >= 15 is 0 Å². The highest BCUT2D eigenvalue weighted by Crippen LogP contribution is 2.43. The number of hydrogen-bond acceptors (Lipinski definition) is 6. The van der Waals surface area contributed by atoms with Gasteiger partial charge in [0.2, 0.25) is 5.90 Å². The number of carbonyl (C=O) groups is 1. The number of aliphatic hydroxyl groups is 1. The zero-order valence-electron chi connectivity index (χ0n) is 26.1. The standard InChI is InChI=1S/C39H35F2N3O4/c40-34-21-12-28(24-35(34)41)26-42-44-38(46)39(25-27-8-3-1-4-9-27)36(31-15-13-30(14-16-31)29-10-5-2-6-11-29)48-37(43-39)32-17-19-33(20-18-32)47-23-7-22-45/h1-6,8-21,24,36,42,45H,7,22-23,25-26H2,(H,44,46)/t36-,39-/m0/s1. The van der Waals surface area contributed by atoms with Crippen molar-refractivity contribution >= 4 is 11.8 Å². The number of nitrogens with zero attached hydrogens (tertiary/aromatic N) is 1. The van der Waals surface area contributed by atoms with Crippen molar-refractivity contribution in [2.45, 2.75) is 31.0 Å². The normalized spacial score (nSPS) is 17.0. The van der Waals surface area contributed by atoms with E-state index in [0.717, 1.165) is 34.4 Å². The summed E-state index contributed by atoms with van der Waals surface area (Å²) in [6, 6.07) is 38.3. The van der Waals surface area contributed by atoms with E-state index in [1.807, 2.05) is 97.1 Å². The third-order valence-electron chi connectivity index (χ3n) is 8.15. The number of amides is 1. The minimum Gasteiger partial charge on any atom is -0.494 e. The molecule has 2 atom stereocenters. The third-order valence-corrected chi connectivity index (χ3v) is 8.15. The first-order valence-corrected chi connectivity index (χ1v) is 15.7. The van der Waals surface area contributed by atoms with Gasteiger partial charge < -0.3 is 14.6 Å². The number of hydrazine groups is 1. The lowest BCUT2D eigenvalue weighted by molar-refractivity contribution is -0.130. The summed E-state index contributed by atoms with van der Waals surface area (Å²) in [7, 11) is 0. The van der Waals surface area contributed by atoms with E-state index in [4.69, 9.17) is 19.6 Å². The van der Waals surface area contributed by atoms with E-state index in [0.29, 0.717) is 35.8 Å². The maximum absolute atomic E-state index is 14.4. The number of benzene rings is 5. The summed E-state index contributed by atoms with van der Waals surface area (Å²) in [6.45, 7) is 0.472. The van der Waals surface area contributed by atoms with Gasteiger partial charge >= 0.3 is 0 Å². The van der Waals surface area contributed by atoms with Gasteiger partial charge in [0.25, 0.3) is 5.91 Å². The predicted molar refractivity (Wildman–Crippen MR) is 180 cm³/mol. The molecule has 9 heteroatoms. The smallest absolute Gasteiger partial charge is 0.266 e. The minimum atomic E-state index is -1.46. The van der Waals surface area contributed by atoms with E-state index in [9.17, 15) is 13.6 Å². The molecule has 0 saturated heterocycles. The monoisotopic (exact) mass is 647 g/mol. The molecule has 0 radical (unpaired) electrons. The predicted octanol–water partition coefficient (Wildman–Crippen LogP) is 6.71. The summed E-state index contributed by atoms with van der Waals surface area (Å²) in [5.41, 5.74) is 9.02. The molecule has 0 aliphatic carbocycles. The minimum absolute atomic E-state index is 0.0393. The van der Waals surface area contributed by atoms with Crippen molar-refractivity contribution in [1.82, 2.24) is 10.9 Å². The van der Waals surface area contributed by atoms with Crippen LogP contribution in [0.25, 0.3) is 11.1 Å². The Kier molecular flexibility index (Phi) is 10.2. The van der Waals surface area contributed by atoms with Crippen LogP contribution in [-0.4, -0.2) is 35.7 Å². The zero-order chi connectivity index (χ0) is 33.3. The Morgan fingerprint density at radius 2 is 1.46 bits per heavy atom. The Morgan fingerprint density at radius 3 is 2.15 bits per heavy atom. The summed E-state index contributed by atoms with van der Waals surface area (Å²) in [6.07, 6.45) is -0.0874. The van der Waals surface area contributed by atoms with Gasteiger partial charge in [-0.05, 0) is 64.2 Å². The summed E-state index contributed by atoms with van der Waals surface area (Å²) in [4.78, 5) is 19.4. The van der Waals surface area contributed by atoms with E-state index in [2.05, 4.69) is 10.9 Å². The molecule has 48 heavy (non-hydrogen) atoms. The Hall–Kier alpha value is -5.38. The second-order valence-electron chi connectivity index (χ2n) is 11.5. The topological polar surface area (TPSA) is 92.2 Å². The molecule has 0 fully saturated rings. The van der Waals surface area contributed by atoms with Gasteiger partial charge in [-0.1, -0.05) is 91.0 Å². The van der Waals surface area contributed by atoms with Gasteiger partial charge in [-0.15, -0.1) is 0 Å². The van der Waals surface area contributed by atoms with Gasteiger partial charge in [0, 0.05) is 31.6 Å². The molecule has 0 bridgehead atoms. The Morgan fingerprint density at radius 1 is 0.792 bits per heavy atom. The molecule has 0 spiro atoms. The second-order valence-corrected chi connectivity index (χ2v) is 11.5. The molecule has 5 aromatic rings. The van der Waals surface area contributed by atoms with Crippen molar-refractivity contribution in [1.29, 1.82) is 0 Å². The van der Waals surface area contributed by atoms with Crippen LogP contribution in [0.5, 0.6) is 5.75 Å². The highest BCUT2D eigenvalue weighted by Gasteiger charge is 2.53. The highest BCUT2D eigenvalue weighted by molar-refractivity contribution is 6.01. The fourth-order valence-electron chi connectivity index (χ4n) is 5.65. The van der Waals surface area contributed by atoms with E-state index < -0.39 is 29.2 Å². The maximum Gasteiger partial charge on any atom is 0.266 e. The van der Waals surface area contributed by atoms with Crippen LogP contribution < -0.4 is 15.6 Å². The molecule has 0 aromatic heterocycles. The van der Waals surface area contributed by atoms with Crippen LogP contribution in [0.3, 0.4) is 0 Å². The van der Waals surface area contributed by atoms with E-state index in [-0.39, 0.29) is 19.6 Å². The lowest BCUT2D eigenvalue weighted by atomic mass is 9.82. The molecule has 5 aromatic carbocycles. The van der Waals surface area contributed by atoms with Crippen LogP contribution in [-0.2, 0) is 22.5 Å². The number of nitrogens with one attached hydrogen (secondary N) is 2. The molecule has 0 unspecified atom stereocenters. The first kappa shape index (κ1) is 32.6. The largest absolute Gasteiger partial charge is 0.494 e. The first-order chi connectivity index (χ1) is 23.4. The molecule has 244 valence electrons. The molecule has 7 nitrogen and oxygen atoms in total. The van der Waals surface area contributed by atoms with Gasteiger partial charge in [0.1, 0.15) is 5.75 Å². The van der Waals surface area contributed by atoms with Crippen LogP contribution >= 0.6 is 0 Å². The average molecular weight is 648 g/mol. The van der Waals surface area contributed by atoms with Gasteiger partial charge in [0.05, 0.1) is 6.61 Å². The lowest BCUT2D eigenvalue weighted by Gasteiger charge is -2.31. The van der Waals surface area contributed by atoms with Crippen LogP contribution in [0.1, 0.15) is 34.8 Å². The highest BCUT2D eigenvalue weighted by atomic mass is 19.2. The molecule has 3 N–H and O–H groups in total. The van der Waals surface area contributed by atoms with Gasteiger partial charge in [-0.25, -0.2) is 19.2 Å². The molecular weight excluding hydrogens is 612 g/mol. The van der Waals surface area contributed by atoms with Crippen LogP contribution in [0.4, 0.5) is 8.78 Å². The number of aliphatic hydroxyl groups excluding tert-OH is 1. The Balaban J connectivity index is 1.36. The van der Waals surface area contributed by atoms with E-state index in [1.165, 1.54) is 6.07 Å². The van der Waals surface area contributed by atoms with Crippen LogP contribution in [0.15, 0.2) is 132 Å². The fraction of sp³-hybridized carbons (Fsp3) is 0.179. The van der Waals surface area contributed by atoms with E-state index in [1.54, 1.807) is 12.1 Å². The second kappa shape index (κ2) is 15.0. The van der Waals surface area contributed by atoms with Gasteiger partial charge in [-0.2, -0.15) is 0 Å². The number of hydrogen-bond donors (Lipinski definition) is 3. The molecule has 6 rings (SSSR count). The van der Waals surface area contributed by atoms with Gasteiger partial charge in [-0.3, -0.25) is 10.2 Å². The number of halogens is 2. The Labute approximate surface area is 277 Å². The van der Waals surface area contributed by atoms with Crippen molar-refractivity contribution < 1.29 is 28.2 Å². The van der Waals surface area contributed by atoms with Crippen molar-refractivity contribution in [3.05, 3.63) is 161 Å². The van der Waals surface area contributed by atoms with Crippen molar-refractivity contribution in [2.24, 2.45) is 4.99 Å². The summed E-state index contributed by atoms with van der Waals surface area (Å²) < 4.78 is 39.7. The number of ether oxygens (including phenoxy) is 2. The number of rotatable bonds is 13. The van der Waals surface area contributed by atoms with Crippen molar-refractivity contribution in [3.63, 3.8) is 0 Å². The first-order valence-electron chi connectivity index (χ1n) is 15.7. The zero-order valence-corrected chi connectivity index (χ0v) is 26.1. The number of carbonyl (C=O) groups excluding carboxylic acids is 1. The van der Waals surface area contributed by atoms with Crippen molar-refractivity contribution in [3.8, 4) is 16.9 Å². The summed E-state index contributed by atoms with van der Waals surface area (Å²) in [5.74, 6) is -1.44. The quantitative estimate of drug-likeness (QED) is 0.0976. The van der Waals surface area contributed by atoms with Crippen LogP contribution in [0.2, 0.25) is 0 Å². The molecule has 1 heterocycles. The maximum atomic E-state index is 14.4. The molecule has 1 amide bonds. The SMILES string of the molecule is O=C(NNCc1ccc(F)c(F)c1)[C@@]1(Cc2ccccc2)N=C(c2ccc(OCCCO)cc2)O[C@H]1c1ccc(-c2ccccc2)cc1. The Bertz CT molecular complexity index is 1850.